The first kappa shape index (κ1) is 21.7. The number of benzene rings is 1. The van der Waals surface area contributed by atoms with Crippen LogP contribution in [0.4, 0.5) is 5.69 Å². The summed E-state index contributed by atoms with van der Waals surface area (Å²) in [5, 5.41) is 8.09. The summed E-state index contributed by atoms with van der Waals surface area (Å²) in [6.45, 7) is 4.86. The number of aryl methyl sites for hydroxylation is 1. The van der Waals surface area contributed by atoms with Crippen LogP contribution in [0.15, 0.2) is 35.5 Å². The normalized spacial score (nSPS) is 16.8. The standard InChI is InChI=1S/C19H27N5OS.HI/c1-14-12-22-18(26-14)8-10-21-19(20-2)23-15-9-11-24(13-15)16-6-4-5-7-17(16)25-3;/h4-7,12,15H,8-11,13H2,1-3H3,(H2,20,21,23);1H. The van der Waals surface area contributed by atoms with E-state index in [4.69, 9.17) is 4.74 Å². The number of anilines is 1. The maximum absolute atomic E-state index is 5.49. The molecule has 1 aliphatic rings. The summed E-state index contributed by atoms with van der Waals surface area (Å²) in [7, 11) is 3.54. The van der Waals surface area contributed by atoms with Gasteiger partial charge in [-0.25, -0.2) is 4.98 Å². The maximum Gasteiger partial charge on any atom is 0.191 e. The molecule has 1 aliphatic heterocycles. The second-order valence-electron chi connectivity index (χ2n) is 6.36. The van der Waals surface area contributed by atoms with Crippen molar-refractivity contribution in [3.63, 3.8) is 0 Å². The second-order valence-corrected chi connectivity index (χ2v) is 7.68. The van der Waals surface area contributed by atoms with Crippen molar-refractivity contribution in [2.45, 2.75) is 25.8 Å². The Morgan fingerprint density at radius 3 is 2.93 bits per heavy atom. The van der Waals surface area contributed by atoms with Crippen molar-refractivity contribution in [1.29, 1.82) is 0 Å². The zero-order chi connectivity index (χ0) is 18.4. The highest BCUT2D eigenvalue weighted by Gasteiger charge is 2.25. The van der Waals surface area contributed by atoms with Crippen LogP contribution in [0.5, 0.6) is 5.75 Å². The van der Waals surface area contributed by atoms with E-state index in [1.165, 1.54) is 4.88 Å². The van der Waals surface area contributed by atoms with Gasteiger partial charge in [0.2, 0.25) is 0 Å². The minimum atomic E-state index is 0. The molecule has 0 saturated carbocycles. The number of guanidine groups is 1. The highest BCUT2D eigenvalue weighted by molar-refractivity contribution is 14.0. The van der Waals surface area contributed by atoms with Gasteiger partial charge in [-0.3, -0.25) is 4.99 Å². The van der Waals surface area contributed by atoms with Crippen LogP contribution in [0, 0.1) is 6.92 Å². The molecule has 148 valence electrons. The van der Waals surface area contributed by atoms with E-state index < -0.39 is 0 Å². The number of nitrogens with one attached hydrogen (secondary N) is 2. The van der Waals surface area contributed by atoms with Gasteiger partial charge in [-0.2, -0.15) is 0 Å². The van der Waals surface area contributed by atoms with Crippen molar-refractivity contribution >= 4 is 47.0 Å². The van der Waals surface area contributed by atoms with Crippen molar-refractivity contribution in [2.75, 3.05) is 38.7 Å². The quantitative estimate of drug-likeness (QED) is 0.362. The van der Waals surface area contributed by atoms with Crippen LogP contribution >= 0.6 is 35.3 Å². The van der Waals surface area contributed by atoms with Crippen LogP contribution in [-0.2, 0) is 6.42 Å². The number of para-hydroxylation sites is 2. The van der Waals surface area contributed by atoms with E-state index in [9.17, 15) is 0 Å². The molecule has 1 saturated heterocycles. The molecule has 1 aromatic carbocycles. The van der Waals surface area contributed by atoms with E-state index in [1.54, 1.807) is 18.4 Å². The summed E-state index contributed by atoms with van der Waals surface area (Å²) in [6, 6.07) is 8.55. The van der Waals surface area contributed by atoms with Gasteiger partial charge in [-0.05, 0) is 25.5 Å². The van der Waals surface area contributed by atoms with Crippen molar-refractivity contribution in [2.24, 2.45) is 4.99 Å². The molecule has 3 rings (SSSR count). The van der Waals surface area contributed by atoms with E-state index in [0.29, 0.717) is 6.04 Å². The van der Waals surface area contributed by atoms with Crippen molar-refractivity contribution in [3.8, 4) is 5.75 Å². The van der Waals surface area contributed by atoms with Gasteiger partial charge in [0.15, 0.2) is 5.96 Å². The summed E-state index contributed by atoms with van der Waals surface area (Å²) in [6.07, 6.45) is 3.92. The zero-order valence-electron chi connectivity index (χ0n) is 16.1. The van der Waals surface area contributed by atoms with Crippen LogP contribution in [0.25, 0.3) is 0 Å². The SMILES string of the molecule is CN=C(NCCc1ncc(C)s1)NC1CCN(c2ccccc2OC)C1.I. The Kier molecular flexibility index (Phi) is 8.62. The number of ether oxygens (including phenoxy) is 1. The number of halogens is 1. The third-order valence-corrected chi connectivity index (χ3v) is 5.45. The first-order valence-electron chi connectivity index (χ1n) is 8.96. The fourth-order valence-corrected chi connectivity index (χ4v) is 3.97. The molecule has 0 spiro atoms. The summed E-state index contributed by atoms with van der Waals surface area (Å²) >= 11 is 1.75. The van der Waals surface area contributed by atoms with E-state index in [2.05, 4.69) is 44.6 Å². The molecule has 2 heterocycles. The fourth-order valence-electron chi connectivity index (χ4n) is 3.18. The molecule has 8 heteroatoms. The van der Waals surface area contributed by atoms with E-state index in [-0.39, 0.29) is 24.0 Å². The van der Waals surface area contributed by atoms with Crippen LogP contribution in [0.2, 0.25) is 0 Å². The number of aromatic nitrogens is 1. The predicted octanol–water partition coefficient (Wildman–Crippen LogP) is 3.06. The van der Waals surface area contributed by atoms with Crippen molar-refractivity contribution < 1.29 is 4.74 Å². The monoisotopic (exact) mass is 501 g/mol. The fraction of sp³-hybridized carbons (Fsp3) is 0.474. The smallest absolute Gasteiger partial charge is 0.191 e. The molecule has 6 nitrogen and oxygen atoms in total. The summed E-state index contributed by atoms with van der Waals surface area (Å²) in [4.78, 5) is 12.4. The number of hydrogen-bond acceptors (Lipinski definition) is 5. The van der Waals surface area contributed by atoms with E-state index >= 15 is 0 Å². The molecule has 27 heavy (non-hydrogen) atoms. The van der Waals surface area contributed by atoms with Gasteiger partial charge in [0.1, 0.15) is 5.75 Å². The van der Waals surface area contributed by atoms with Gasteiger partial charge in [0.25, 0.3) is 0 Å². The number of aliphatic imine (C=N–C) groups is 1. The Morgan fingerprint density at radius 1 is 1.41 bits per heavy atom. The minimum absolute atomic E-state index is 0. The lowest BCUT2D eigenvalue weighted by Crippen LogP contribution is -2.45. The highest BCUT2D eigenvalue weighted by Crippen LogP contribution is 2.30. The van der Waals surface area contributed by atoms with Gasteiger partial charge < -0.3 is 20.3 Å². The first-order valence-corrected chi connectivity index (χ1v) is 9.77. The van der Waals surface area contributed by atoms with Crippen LogP contribution in [0.3, 0.4) is 0 Å². The molecule has 1 unspecified atom stereocenters. The predicted molar refractivity (Wildman–Crippen MR) is 124 cm³/mol. The molecule has 1 atom stereocenters. The molecule has 0 radical (unpaired) electrons. The number of methoxy groups -OCH3 is 1. The highest BCUT2D eigenvalue weighted by atomic mass is 127. The largest absolute Gasteiger partial charge is 0.495 e. The van der Waals surface area contributed by atoms with Gasteiger partial charge in [-0.1, -0.05) is 12.1 Å². The van der Waals surface area contributed by atoms with E-state index in [1.807, 2.05) is 25.4 Å². The van der Waals surface area contributed by atoms with Crippen molar-refractivity contribution in [3.05, 3.63) is 40.3 Å². The van der Waals surface area contributed by atoms with Crippen LogP contribution in [-0.4, -0.2) is 50.8 Å². The summed E-state index contributed by atoms with van der Waals surface area (Å²) < 4.78 is 5.49. The molecule has 2 N–H and O–H groups in total. The van der Waals surface area contributed by atoms with Gasteiger partial charge in [0.05, 0.1) is 17.8 Å². The third kappa shape index (κ3) is 5.97. The number of thiazole rings is 1. The number of hydrogen-bond donors (Lipinski definition) is 2. The van der Waals surface area contributed by atoms with E-state index in [0.717, 1.165) is 54.9 Å². The molecule has 0 aliphatic carbocycles. The van der Waals surface area contributed by atoms with Crippen molar-refractivity contribution in [1.82, 2.24) is 15.6 Å². The maximum atomic E-state index is 5.49. The molecule has 2 aromatic rings. The second kappa shape index (κ2) is 10.7. The zero-order valence-corrected chi connectivity index (χ0v) is 19.2. The number of nitrogens with zero attached hydrogens (tertiary/aromatic N) is 3. The average molecular weight is 501 g/mol. The average Bonchev–Trinajstić information content (AvgIpc) is 3.29. The van der Waals surface area contributed by atoms with Gasteiger partial charge in [0, 0.05) is 50.2 Å². The first-order chi connectivity index (χ1) is 12.7. The molecule has 1 fully saturated rings. The van der Waals surface area contributed by atoms with Crippen LogP contribution in [0.1, 0.15) is 16.3 Å². The Bertz CT molecular complexity index is 751. The Balaban J connectivity index is 0.00000261. The van der Waals surface area contributed by atoms with Crippen LogP contribution < -0.4 is 20.3 Å². The lowest BCUT2D eigenvalue weighted by atomic mass is 10.2. The van der Waals surface area contributed by atoms with Gasteiger partial charge >= 0.3 is 0 Å². The lowest BCUT2D eigenvalue weighted by Gasteiger charge is -2.22. The topological polar surface area (TPSA) is 61.8 Å². The van der Waals surface area contributed by atoms with Gasteiger partial charge in [-0.15, -0.1) is 35.3 Å². The molecule has 1 aromatic heterocycles. The summed E-state index contributed by atoms with van der Waals surface area (Å²) in [5.74, 6) is 1.78. The lowest BCUT2D eigenvalue weighted by molar-refractivity contribution is 0.415. The molecule has 0 amide bonds. The number of rotatable bonds is 6. The molecular weight excluding hydrogens is 473 g/mol. The molecule has 0 bridgehead atoms. The Labute approximate surface area is 182 Å². The summed E-state index contributed by atoms with van der Waals surface area (Å²) in [5.41, 5.74) is 1.15. The Morgan fingerprint density at radius 2 is 2.22 bits per heavy atom. The third-order valence-electron chi connectivity index (χ3n) is 4.48. The molecular formula is C19H28IN5OS. The minimum Gasteiger partial charge on any atom is -0.495 e. The Hall–Kier alpha value is -1.55.